The van der Waals surface area contributed by atoms with E-state index < -0.39 is 22.7 Å². The molecule has 5 nitrogen and oxygen atoms in total. The molecule has 1 aromatic rings. The number of carbonyl (C=O) groups excluding carboxylic acids is 1. The number of nitro benzene ring substituents is 1. The van der Waals surface area contributed by atoms with Crippen molar-refractivity contribution in [3.8, 4) is 0 Å². The summed E-state index contributed by atoms with van der Waals surface area (Å²) in [7, 11) is 0. The van der Waals surface area contributed by atoms with E-state index in [4.69, 9.17) is 4.74 Å². The fourth-order valence-electron chi connectivity index (χ4n) is 3.92. The first kappa shape index (κ1) is 15.9. The highest BCUT2D eigenvalue weighted by atomic mass is 19.1. The van der Waals surface area contributed by atoms with Crippen LogP contribution in [-0.4, -0.2) is 22.7 Å². The van der Waals surface area contributed by atoms with Gasteiger partial charge in [-0.05, 0) is 44.2 Å². The number of fused-ring (bicyclic) bond motifs is 1. The van der Waals surface area contributed by atoms with Gasteiger partial charge < -0.3 is 4.74 Å². The van der Waals surface area contributed by atoms with Gasteiger partial charge in [0.2, 0.25) is 0 Å². The highest BCUT2D eigenvalue weighted by Gasteiger charge is 2.48. The van der Waals surface area contributed by atoms with Crippen molar-refractivity contribution in [1.82, 2.24) is 0 Å². The molecule has 0 heterocycles. The summed E-state index contributed by atoms with van der Waals surface area (Å²) >= 11 is 0. The number of alkyl halides is 1. The Bertz CT molecular complexity index is 599. The molecular formula is C17H20FNO4. The van der Waals surface area contributed by atoms with Gasteiger partial charge in [0.05, 0.1) is 10.5 Å². The van der Waals surface area contributed by atoms with Crippen molar-refractivity contribution in [3.63, 3.8) is 0 Å². The molecular weight excluding hydrogens is 301 g/mol. The molecule has 2 saturated carbocycles. The second-order valence-corrected chi connectivity index (χ2v) is 6.53. The smallest absolute Gasteiger partial charge is 0.338 e. The number of non-ortho nitro benzene ring substituents is 1. The predicted octanol–water partition coefficient (Wildman–Crippen LogP) is 4.20. The van der Waals surface area contributed by atoms with Crippen LogP contribution in [0.1, 0.15) is 55.3 Å². The van der Waals surface area contributed by atoms with Crippen LogP contribution in [0.5, 0.6) is 0 Å². The van der Waals surface area contributed by atoms with E-state index in [-0.39, 0.29) is 17.2 Å². The van der Waals surface area contributed by atoms with E-state index in [2.05, 4.69) is 0 Å². The van der Waals surface area contributed by atoms with Crippen LogP contribution in [0.25, 0.3) is 0 Å². The zero-order chi connectivity index (χ0) is 16.4. The fourth-order valence-corrected chi connectivity index (χ4v) is 3.92. The zero-order valence-corrected chi connectivity index (χ0v) is 12.9. The molecule has 0 N–H and O–H groups in total. The lowest BCUT2D eigenvalue weighted by atomic mass is 9.67. The lowest BCUT2D eigenvalue weighted by molar-refractivity contribution is -0.384. The SMILES string of the molecule is O=C(O[C@H]1CCC[C@]2(F)CCCC[C@H]12)c1ccc([N+](=O)[O-])cc1. The molecule has 0 amide bonds. The maximum Gasteiger partial charge on any atom is 0.338 e. The van der Waals surface area contributed by atoms with Crippen molar-refractivity contribution in [2.24, 2.45) is 5.92 Å². The summed E-state index contributed by atoms with van der Waals surface area (Å²) < 4.78 is 20.6. The molecule has 2 aliphatic carbocycles. The molecule has 0 aromatic heterocycles. The molecule has 0 aliphatic heterocycles. The normalized spacial score (nSPS) is 30.3. The molecule has 0 radical (unpaired) electrons. The Morgan fingerprint density at radius 3 is 2.57 bits per heavy atom. The maximum atomic E-state index is 15.0. The van der Waals surface area contributed by atoms with Crippen LogP contribution in [0, 0.1) is 16.0 Å². The van der Waals surface area contributed by atoms with Crippen molar-refractivity contribution < 1.29 is 18.8 Å². The number of hydrogen-bond acceptors (Lipinski definition) is 4. The number of nitro groups is 1. The fraction of sp³-hybridized carbons (Fsp3) is 0.588. The molecule has 0 unspecified atom stereocenters. The van der Waals surface area contributed by atoms with Crippen LogP contribution in [-0.2, 0) is 4.74 Å². The number of esters is 1. The molecule has 3 rings (SSSR count). The van der Waals surface area contributed by atoms with E-state index in [0.29, 0.717) is 19.3 Å². The largest absolute Gasteiger partial charge is 0.458 e. The summed E-state index contributed by atoms with van der Waals surface area (Å²) in [5.41, 5.74) is -1.01. The predicted molar refractivity (Wildman–Crippen MR) is 81.9 cm³/mol. The first-order valence-electron chi connectivity index (χ1n) is 8.14. The average Bonchev–Trinajstić information content (AvgIpc) is 2.54. The molecule has 1 aromatic carbocycles. The van der Waals surface area contributed by atoms with Gasteiger partial charge in [-0.3, -0.25) is 10.1 Å². The summed E-state index contributed by atoms with van der Waals surface area (Å²) in [4.78, 5) is 22.4. The zero-order valence-electron chi connectivity index (χ0n) is 12.9. The topological polar surface area (TPSA) is 69.4 Å². The molecule has 2 aliphatic rings. The summed E-state index contributed by atoms with van der Waals surface area (Å²) in [6.07, 6.45) is 4.77. The van der Waals surface area contributed by atoms with Crippen molar-refractivity contribution in [2.75, 3.05) is 0 Å². The third-order valence-corrected chi connectivity index (χ3v) is 5.12. The molecule has 3 atom stereocenters. The van der Waals surface area contributed by atoms with Crippen LogP contribution >= 0.6 is 0 Å². The summed E-state index contributed by atoms with van der Waals surface area (Å²) in [6.45, 7) is 0. The van der Waals surface area contributed by atoms with Crippen LogP contribution in [0.2, 0.25) is 0 Å². The van der Waals surface area contributed by atoms with Gasteiger partial charge in [0.15, 0.2) is 0 Å². The van der Waals surface area contributed by atoms with Crippen molar-refractivity contribution in [1.29, 1.82) is 0 Å². The van der Waals surface area contributed by atoms with Gasteiger partial charge in [0, 0.05) is 18.1 Å². The standard InChI is InChI=1S/C17H20FNO4/c18-17-10-2-1-4-14(17)15(5-3-11-17)23-16(20)12-6-8-13(9-7-12)19(21)22/h6-9,14-15H,1-5,10-11H2/t14-,15+,17-/m1/s1. The Balaban J connectivity index is 1.70. The Hall–Kier alpha value is -1.98. The Labute approximate surface area is 134 Å². The van der Waals surface area contributed by atoms with Gasteiger partial charge in [0.1, 0.15) is 11.8 Å². The lowest BCUT2D eigenvalue weighted by Gasteiger charge is -2.45. The third kappa shape index (κ3) is 3.21. The maximum absolute atomic E-state index is 15.0. The van der Waals surface area contributed by atoms with E-state index in [9.17, 15) is 19.3 Å². The summed E-state index contributed by atoms with van der Waals surface area (Å²) in [5.74, 6) is -0.744. The number of carbonyl (C=O) groups is 1. The van der Waals surface area contributed by atoms with E-state index in [1.54, 1.807) is 0 Å². The number of rotatable bonds is 3. The first-order chi connectivity index (χ1) is 11.0. The minimum atomic E-state index is -1.20. The van der Waals surface area contributed by atoms with E-state index in [1.807, 2.05) is 0 Å². The molecule has 23 heavy (non-hydrogen) atoms. The minimum Gasteiger partial charge on any atom is -0.458 e. The highest BCUT2D eigenvalue weighted by molar-refractivity contribution is 5.89. The number of ether oxygens (including phenoxy) is 1. The Morgan fingerprint density at radius 2 is 1.87 bits per heavy atom. The number of benzene rings is 1. The quantitative estimate of drug-likeness (QED) is 0.475. The number of nitrogens with zero attached hydrogens (tertiary/aromatic N) is 1. The Morgan fingerprint density at radius 1 is 1.17 bits per heavy atom. The highest BCUT2D eigenvalue weighted by Crippen LogP contribution is 2.47. The van der Waals surface area contributed by atoms with Crippen molar-refractivity contribution in [3.05, 3.63) is 39.9 Å². The van der Waals surface area contributed by atoms with Gasteiger partial charge in [-0.1, -0.05) is 12.8 Å². The first-order valence-corrected chi connectivity index (χ1v) is 8.14. The monoisotopic (exact) mass is 321 g/mol. The van der Waals surface area contributed by atoms with Crippen molar-refractivity contribution in [2.45, 2.75) is 56.7 Å². The molecule has 0 saturated heterocycles. The lowest BCUT2D eigenvalue weighted by Crippen LogP contribution is -2.48. The van der Waals surface area contributed by atoms with Gasteiger partial charge in [-0.15, -0.1) is 0 Å². The van der Waals surface area contributed by atoms with Crippen LogP contribution in [0.4, 0.5) is 10.1 Å². The van der Waals surface area contributed by atoms with Gasteiger partial charge in [0.25, 0.3) is 5.69 Å². The van der Waals surface area contributed by atoms with E-state index >= 15 is 0 Å². The summed E-state index contributed by atoms with van der Waals surface area (Å²) in [6, 6.07) is 5.31. The van der Waals surface area contributed by atoms with Crippen LogP contribution < -0.4 is 0 Å². The number of halogens is 1. The second-order valence-electron chi connectivity index (χ2n) is 6.53. The molecule has 2 fully saturated rings. The van der Waals surface area contributed by atoms with Crippen molar-refractivity contribution >= 4 is 11.7 Å². The van der Waals surface area contributed by atoms with Crippen LogP contribution in [0.3, 0.4) is 0 Å². The molecule has 6 heteroatoms. The summed E-state index contributed by atoms with van der Waals surface area (Å²) in [5, 5.41) is 10.6. The van der Waals surface area contributed by atoms with Gasteiger partial charge >= 0.3 is 5.97 Å². The van der Waals surface area contributed by atoms with Gasteiger partial charge in [-0.2, -0.15) is 0 Å². The van der Waals surface area contributed by atoms with Crippen LogP contribution in [0.15, 0.2) is 24.3 Å². The number of hydrogen-bond donors (Lipinski definition) is 0. The average molecular weight is 321 g/mol. The van der Waals surface area contributed by atoms with E-state index in [0.717, 1.165) is 25.7 Å². The minimum absolute atomic E-state index is 0.0747. The molecule has 124 valence electrons. The van der Waals surface area contributed by atoms with E-state index in [1.165, 1.54) is 24.3 Å². The third-order valence-electron chi connectivity index (χ3n) is 5.12. The molecule has 0 bridgehead atoms. The van der Waals surface area contributed by atoms with Gasteiger partial charge in [-0.25, -0.2) is 9.18 Å². The second kappa shape index (κ2) is 6.26. The Kier molecular flexibility index (Phi) is 4.33. The molecule has 0 spiro atoms.